The van der Waals surface area contributed by atoms with Gasteiger partial charge in [-0.25, -0.2) is 0 Å². The van der Waals surface area contributed by atoms with Gasteiger partial charge in [0.1, 0.15) is 0 Å². The van der Waals surface area contributed by atoms with Gasteiger partial charge in [-0.1, -0.05) is 32.4 Å². The van der Waals surface area contributed by atoms with Crippen molar-refractivity contribution in [3.63, 3.8) is 0 Å². The fraction of sp³-hybridized carbons (Fsp3) is 0.556. The van der Waals surface area contributed by atoms with E-state index >= 15 is 0 Å². The van der Waals surface area contributed by atoms with Crippen LogP contribution in [0.25, 0.3) is 0 Å². The van der Waals surface area contributed by atoms with E-state index in [4.69, 9.17) is 21.1 Å². The van der Waals surface area contributed by atoms with Crippen molar-refractivity contribution in [1.29, 1.82) is 0 Å². The molecule has 0 bridgehead atoms. The summed E-state index contributed by atoms with van der Waals surface area (Å²) in [5, 5.41) is 9.52. The third kappa shape index (κ3) is 4.37. The molecule has 0 radical (unpaired) electrons. The smallest absolute Gasteiger partial charge is 0.308 e. The van der Waals surface area contributed by atoms with Gasteiger partial charge in [-0.15, -0.1) is 0 Å². The number of amides is 1. The molecule has 1 aromatic rings. The normalized spacial score (nSPS) is 20.0. The van der Waals surface area contributed by atoms with Crippen molar-refractivity contribution in [2.75, 3.05) is 26.8 Å². The molecule has 6 nitrogen and oxygen atoms in total. The third-order valence-corrected chi connectivity index (χ3v) is 4.53. The lowest BCUT2D eigenvalue weighted by Crippen LogP contribution is -2.30. The van der Waals surface area contributed by atoms with Crippen LogP contribution in [0.4, 0.5) is 0 Å². The van der Waals surface area contributed by atoms with E-state index in [1.165, 1.54) is 7.11 Å². The van der Waals surface area contributed by atoms with Crippen LogP contribution in [0.3, 0.4) is 0 Å². The van der Waals surface area contributed by atoms with Crippen LogP contribution >= 0.6 is 11.6 Å². The van der Waals surface area contributed by atoms with Gasteiger partial charge < -0.3 is 19.5 Å². The summed E-state index contributed by atoms with van der Waals surface area (Å²) in [6.45, 7) is 6.95. The van der Waals surface area contributed by atoms with Gasteiger partial charge in [0.25, 0.3) is 5.91 Å². The second-order valence-electron chi connectivity index (χ2n) is 6.83. The van der Waals surface area contributed by atoms with Crippen LogP contribution in [-0.2, 0) is 4.79 Å². The highest BCUT2D eigenvalue weighted by Gasteiger charge is 2.37. The van der Waals surface area contributed by atoms with Crippen LogP contribution in [0, 0.1) is 17.8 Å². The van der Waals surface area contributed by atoms with E-state index < -0.39 is 11.9 Å². The van der Waals surface area contributed by atoms with Gasteiger partial charge in [-0.3, -0.25) is 9.59 Å². The van der Waals surface area contributed by atoms with Crippen LogP contribution < -0.4 is 9.47 Å². The van der Waals surface area contributed by atoms with E-state index in [0.717, 1.165) is 0 Å². The Hall–Kier alpha value is -1.95. The number of methoxy groups -OCH3 is 1. The number of nitrogens with zero attached hydrogens (tertiary/aromatic N) is 1. The Morgan fingerprint density at radius 3 is 2.56 bits per heavy atom. The minimum atomic E-state index is -0.879. The van der Waals surface area contributed by atoms with E-state index in [0.29, 0.717) is 41.2 Å². The van der Waals surface area contributed by atoms with Crippen LogP contribution in [-0.4, -0.2) is 48.7 Å². The highest BCUT2D eigenvalue weighted by atomic mass is 35.5. The Bertz CT molecular complexity index is 661. The predicted molar refractivity (Wildman–Crippen MR) is 94.5 cm³/mol. The Kier molecular flexibility index (Phi) is 6.16. The van der Waals surface area contributed by atoms with Gasteiger partial charge in [0.15, 0.2) is 11.5 Å². The Labute approximate surface area is 152 Å². The molecule has 0 saturated carbocycles. The molecule has 1 fully saturated rings. The number of halogens is 1. The molecule has 1 heterocycles. The molecule has 0 aliphatic carbocycles. The van der Waals surface area contributed by atoms with Crippen molar-refractivity contribution < 1.29 is 24.2 Å². The topological polar surface area (TPSA) is 76.1 Å². The molecule has 0 unspecified atom stereocenters. The summed E-state index contributed by atoms with van der Waals surface area (Å²) in [7, 11) is 1.49. The third-order valence-electron chi connectivity index (χ3n) is 4.25. The average Bonchev–Trinajstić information content (AvgIpc) is 2.94. The Balaban J connectivity index is 2.23. The summed E-state index contributed by atoms with van der Waals surface area (Å²) in [5.41, 5.74) is 0.358. The number of carbonyl (C=O) groups excluding carboxylic acids is 1. The molecule has 1 amide bonds. The maximum atomic E-state index is 12.7. The standard InChI is InChI=1S/C18H24ClNO5/c1-10(2)9-25-16-14(19)5-12(6-15(16)24-4)17(21)20-7-11(3)13(8-20)18(22)23/h5-6,10-11,13H,7-9H2,1-4H3,(H,22,23)/t11-,13-/m1/s1. The van der Waals surface area contributed by atoms with Crippen molar-refractivity contribution in [1.82, 2.24) is 4.90 Å². The van der Waals surface area contributed by atoms with E-state index in [-0.39, 0.29) is 18.4 Å². The summed E-state index contributed by atoms with van der Waals surface area (Å²) in [6, 6.07) is 3.13. The van der Waals surface area contributed by atoms with Gasteiger partial charge in [0, 0.05) is 18.7 Å². The molecule has 1 N–H and O–H groups in total. The predicted octanol–water partition coefficient (Wildman–Crippen LogP) is 3.18. The molecule has 7 heteroatoms. The first kappa shape index (κ1) is 19.4. The lowest BCUT2D eigenvalue weighted by molar-refractivity contribution is -0.142. The molecule has 138 valence electrons. The molecule has 0 aromatic heterocycles. The molecule has 0 spiro atoms. The number of ether oxygens (including phenoxy) is 2. The lowest BCUT2D eigenvalue weighted by atomic mass is 9.99. The number of hydrogen-bond acceptors (Lipinski definition) is 4. The quantitative estimate of drug-likeness (QED) is 0.833. The second-order valence-corrected chi connectivity index (χ2v) is 7.23. The Morgan fingerprint density at radius 1 is 1.36 bits per heavy atom. The van der Waals surface area contributed by atoms with Gasteiger partial charge >= 0.3 is 5.97 Å². The summed E-state index contributed by atoms with van der Waals surface area (Å²) in [6.07, 6.45) is 0. The average molecular weight is 370 g/mol. The van der Waals surface area contributed by atoms with Crippen molar-refractivity contribution in [3.05, 3.63) is 22.7 Å². The van der Waals surface area contributed by atoms with E-state index in [1.807, 2.05) is 20.8 Å². The van der Waals surface area contributed by atoms with Crippen molar-refractivity contribution >= 4 is 23.5 Å². The summed E-state index contributed by atoms with van der Waals surface area (Å²) >= 11 is 6.29. The van der Waals surface area contributed by atoms with Crippen LogP contribution in [0.1, 0.15) is 31.1 Å². The first-order valence-corrected chi connectivity index (χ1v) is 8.64. The number of aliphatic carboxylic acids is 1. The van der Waals surface area contributed by atoms with Crippen LogP contribution in [0.15, 0.2) is 12.1 Å². The summed E-state index contributed by atoms with van der Waals surface area (Å²) in [5.74, 6) is -0.656. The lowest BCUT2D eigenvalue weighted by Gasteiger charge is -2.19. The zero-order valence-electron chi connectivity index (χ0n) is 14.9. The fourth-order valence-corrected chi connectivity index (χ4v) is 3.14. The minimum Gasteiger partial charge on any atom is -0.493 e. The van der Waals surface area contributed by atoms with Crippen molar-refractivity contribution in [2.24, 2.45) is 17.8 Å². The highest BCUT2D eigenvalue weighted by Crippen LogP contribution is 2.37. The number of benzene rings is 1. The number of carboxylic acids is 1. The molecule has 2 rings (SSSR count). The van der Waals surface area contributed by atoms with Gasteiger partial charge in [-0.2, -0.15) is 0 Å². The first-order chi connectivity index (χ1) is 11.7. The van der Waals surface area contributed by atoms with Gasteiger partial charge in [-0.05, 0) is 24.0 Å². The zero-order valence-corrected chi connectivity index (χ0v) is 15.7. The summed E-state index contributed by atoms with van der Waals surface area (Å²) < 4.78 is 11.0. The molecule has 1 saturated heterocycles. The SMILES string of the molecule is COc1cc(C(=O)N2C[C@@H](C)[C@H](C(=O)O)C2)cc(Cl)c1OCC(C)C. The van der Waals surface area contributed by atoms with E-state index in [2.05, 4.69) is 0 Å². The summed E-state index contributed by atoms with van der Waals surface area (Å²) in [4.78, 5) is 25.5. The van der Waals surface area contributed by atoms with Gasteiger partial charge in [0.05, 0.1) is 24.7 Å². The molecule has 25 heavy (non-hydrogen) atoms. The highest BCUT2D eigenvalue weighted by molar-refractivity contribution is 6.32. The number of rotatable bonds is 6. The molecular formula is C18H24ClNO5. The molecular weight excluding hydrogens is 346 g/mol. The monoisotopic (exact) mass is 369 g/mol. The van der Waals surface area contributed by atoms with Crippen LogP contribution in [0.5, 0.6) is 11.5 Å². The number of likely N-dealkylation sites (tertiary alicyclic amines) is 1. The largest absolute Gasteiger partial charge is 0.493 e. The molecule has 1 aliphatic heterocycles. The maximum absolute atomic E-state index is 12.7. The number of carbonyl (C=O) groups is 2. The minimum absolute atomic E-state index is 0.0903. The molecule has 1 aromatic carbocycles. The van der Waals surface area contributed by atoms with Gasteiger partial charge in [0.2, 0.25) is 0 Å². The van der Waals surface area contributed by atoms with Crippen molar-refractivity contribution in [2.45, 2.75) is 20.8 Å². The number of hydrogen-bond donors (Lipinski definition) is 1. The molecule has 2 atom stereocenters. The Morgan fingerprint density at radius 2 is 2.04 bits per heavy atom. The van der Waals surface area contributed by atoms with Crippen molar-refractivity contribution in [3.8, 4) is 11.5 Å². The van der Waals surface area contributed by atoms with Crippen LogP contribution in [0.2, 0.25) is 5.02 Å². The maximum Gasteiger partial charge on any atom is 0.308 e. The number of carboxylic acid groups (broad SMARTS) is 1. The first-order valence-electron chi connectivity index (χ1n) is 8.27. The second kappa shape index (κ2) is 7.95. The van der Waals surface area contributed by atoms with E-state index in [9.17, 15) is 14.7 Å². The fourth-order valence-electron chi connectivity index (χ4n) is 2.87. The van der Waals surface area contributed by atoms with E-state index in [1.54, 1.807) is 17.0 Å². The zero-order chi connectivity index (χ0) is 18.7. The molecule has 1 aliphatic rings.